The fourth-order valence-corrected chi connectivity index (χ4v) is 3.49. The van der Waals surface area contributed by atoms with Crippen molar-refractivity contribution in [2.24, 2.45) is 5.92 Å². The molecular weight excluding hydrogens is 290 g/mol. The van der Waals surface area contributed by atoms with Gasteiger partial charge in [-0.25, -0.2) is 4.98 Å². The molecular formula is C15H20ClN3O2. The molecule has 3 aliphatic heterocycles. The Hall–Kier alpha value is -1.33. The van der Waals surface area contributed by atoms with Crippen LogP contribution in [0.15, 0.2) is 12.1 Å². The fourth-order valence-electron chi connectivity index (χ4n) is 3.26. The number of methoxy groups -OCH3 is 1. The Morgan fingerprint density at radius 2 is 2.19 bits per heavy atom. The number of hydrogen-bond acceptors (Lipinski definition) is 4. The second kappa shape index (κ2) is 6.20. The molecule has 0 unspecified atom stereocenters. The van der Waals surface area contributed by atoms with Crippen LogP contribution in [0, 0.1) is 5.92 Å². The Labute approximate surface area is 129 Å². The first-order valence-electron chi connectivity index (χ1n) is 7.39. The Morgan fingerprint density at radius 3 is 2.86 bits per heavy atom. The van der Waals surface area contributed by atoms with E-state index in [1.54, 1.807) is 12.1 Å². The van der Waals surface area contributed by atoms with Gasteiger partial charge in [0.1, 0.15) is 5.69 Å². The minimum absolute atomic E-state index is 0.160. The van der Waals surface area contributed by atoms with Crippen molar-refractivity contribution in [3.05, 3.63) is 23.0 Å². The van der Waals surface area contributed by atoms with Crippen molar-refractivity contribution in [2.75, 3.05) is 26.7 Å². The van der Waals surface area contributed by atoms with Crippen LogP contribution in [-0.2, 0) is 0 Å². The van der Waals surface area contributed by atoms with Gasteiger partial charge in [-0.05, 0) is 50.4 Å². The predicted molar refractivity (Wildman–Crippen MR) is 80.8 cm³/mol. The van der Waals surface area contributed by atoms with E-state index in [1.807, 2.05) is 0 Å². The summed E-state index contributed by atoms with van der Waals surface area (Å²) in [6.07, 6.45) is 3.56. The van der Waals surface area contributed by atoms with Gasteiger partial charge in [0.2, 0.25) is 0 Å². The largest absolute Gasteiger partial charge is 0.494 e. The van der Waals surface area contributed by atoms with E-state index in [9.17, 15) is 4.79 Å². The molecule has 0 radical (unpaired) electrons. The molecule has 2 bridgehead atoms. The number of halogens is 1. The van der Waals surface area contributed by atoms with Crippen LogP contribution in [0.5, 0.6) is 5.75 Å². The summed E-state index contributed by atoms with van der Waals surface area (Å²) in [7, 11) is 1.53. The smallest absolute Gasteiger partial charge is 0.270 e. The summed E-state index contributed by atoms with van der Waals surface area (Å²) in [5, 5.41) is 3.32. The maximum Gasteiger partial charge on any atom is 0.270 e. The van der Waals surface area contributed by atoms with Crippen LogP contribution in [0.25, 0.3) is 0 Å². The third-order valence-corrected chi connectivity index (χ3v) is 4.68. The van der Waals surface area contributed by atoms with E-state index in [0.717, 1.165) is 32.0 Å². The molecule has 1 aromatic rings. The SMILES string of the molecule is COc1ccc(C(=O)N[C@@H]2CC3CCN(CC3)C2)nc1Cl. The third kappa shape index (κ3) is 3.30. The van der Waals surface area contributed by atoms with Gasteiger partial charge >= 0.3 is 0 Å². The standard InChI is InChI=1S/C15H20ClN3O2/c1-21-13-3-2-12(18-14(13)16)15(20)17-11-8-10-4-6-19(9-11)7-5-10/h2-3,10-11H,4-9H2,1H3,(H,17,20)/t11-/m1/s1. The van der Waals surface area contributed by atoms with Crippen molar-refractivity contribution in [2.45, 2.75) is 25.3 Å². The first-order valence-corrected chi connectivity index (χ1v) is 7.77. The summed E-state index contributed by atoms with van der Waals surface area (Å²) in [5.41, 5.74) is 0.340. The zero-order valence-corrected chi connectivity index (χ0v) is 12.9. The van der Waals surface area contributed by atoms with Crippen molar-refractivity contribution in [1.82, 2.24) is 15.2 Å². The Kier molecular flexibility index (Phi) is 4.31. The molecule has 1 N–H and O–H groups in total. The molecule has 3 aliphatic rings. The lowest BCUT2D eigenvalue weighted by atomic mass is 9.94. The molecule has 114 valence electrons. The number of pyridine rings is 1. The number of piperidine rings is 1. The van der Waals surface area contributed by atoms with Crippen LogP contribution in [0.4, 0.5) is 0 Å². The molecule has 21 heavy (non-hydrogen) atoms. The second-order valence-electron chi connectivity index (χ2n) is 5.84. The molecule has 4 rings (SSSR count). The van der Waals surface area contributed by atoms with Gasteiger partial charge in [-0.1, -0.05) is 11.6 Å². The molecule has 0 spiro atoms. The molecule has 0 aromatic carbocycles. The van der Waals surface area contributed by atoms with E-state index < -0.39 is 0 Å². The first kappa shape index (κ1) is 14.6. The molecule has 5 nitrogen and oxygen atoms in total. The van der Waals surface area contributed by atoms with Gasteiger partial charge in [-0.2, -0.15) is 0 Å². The van der Waals surface area contributed by atoms with E-state index in [0.29, 0.717) is 11.4 Å². The predicted octanol–water partition coefficient (Wildman–Crippen LogP) is 1.96. The highest BCUT2D eigenvalue weighted by molar-refractivity contribution is 6.31. The molecule has 1 amide bonds. The number of carbonyl (C=O) groups excluding carboxylic acids is 1. The number of nitrogens with zero attached hydrogens (tertiary/aromatic N) is 2. The molecule has 3 saturated heterocycles. The lowest BCUT2D eigenvalue weighted by molar-refractivity contribution is 0.0923. The van der Waals surface area contributed by atoms with Gasteiger partial charge in [0.25, 0.3) is 5.91 Å². The summed E-state index contributed by atoms with van der Waals surface area (Å²) < 4.78 is 5.05. The normalized spacial score (nSPS) is 28.0. The van der Waals surface area contributed by atoms with Gasteiger partial charge in [-0.15, -0.1) is 0 Å². The summed E-state index contributed by atoms with van der Waals surface area (Å²) in [5.74, 6) is 1.06. The topological polar surface area (TPSA) is 54.5 Å². The van der Waals surface area contributed by atoms with Crippen LogP contribution < -0.4 is 10.1 Å². The number of fused-ring (bicyclic) bond motifs is 4. The van der Waals surface area contributed by atoms with Crippen molar-refractivity contribution in [3.63, 3.8) is 0 Å². The third-order valence-electron chi connectivity index (χ3n) is 4.41. The van der Waals surface area contributed by atoms with Gasteiger partial charge in [0.05, 0.1) is 7.11 Å². The van der Waals surface area contributed by atoms with Crippen LogP contribution in [0.3, 0.4) is 0 Å². The minimum atomic E-state index is -0.160. The number of ether oxygens (including phenoxy) is 1. The van der Waals surface area contributed by atoms with Gasteiger partial charge in [0, 0.05) is 12.6 Å². The molecule has 0 saturated carbocycles. The van der Waals surface area contributed by atoms with Crippen LogP contribution in [-0.4, -0.2) is 48.6 Å². The number of nitrogens with one attached hydrogen (secondary N) is 1. The van der Waals surface area contributed by atoms with E-state index in [2.05, 4.69) is 15.2 Å². The molecule has 1 atom stereocenters. The van der Waals surface area contributed by atoms with Crippen LogP contribution in [0.2, 0.25) is 5.15 Å². The van der Waals surface area contributed by atoms with E-state index >= 15 is 0 Å². The Morgan fingerprint density at radius 1 is 1.43 bits per heavy atom. The summed E-state index contributed by atoms with van der Waals surface area (Å²) in [6.45, 7) is 3.25. The number of aromatic nitrogens is 1. The summed E-state index contributed by atoms with van der Waals surface area (Å²) >= 11 is 5.97. The lowest BCUT2D eigenvalue weighted by Gasteiger charge is -2.26. The van der Waals surface area contributed by atoms with Crippen LogP contribution in [0.1, 0.15) is 29.8 Å². The van der Waals surface area contributed by atoms with E-state index in [1.165, 1.54) is 20.0 Å². The second-order valence-corrected chi connectivity index (χ2v) is 6.20. The van der Waals surface area contributed by atoms with Gasteiger partial charge in [-0.3, -0.25) is 4.79 Å². The summed E-state index contributed by atoms with van der Waals surface area (Å²) in [6, 6.07) is 3.52. The summed E-state index contributed by atoms with van der Waals surface area (Å²) in [4.78, 5) is 18.9. The average molecular weight is 310 g/mol. The molecule has 3 fully saturated rings. The van der Waals surface area contributed by atoms with Gasteiger partial charge < -0.3 is 15.0 Å². The zero-order chi connectivity index (χ0) is 14.8. The maximum absolute atomic E-state index is 12.3. The van der Waals surface area contributed by atoms with Gasteiger partial charge in [0.15, 0.2) is 10.9 Å². The Bertz CT molecular complexity index is 516. The molecule has 6 heteroatoms. The van der Waals surface area contributed by atoms with Crippen molar-refractivity contribution in [1.29, 1.82) is 0 Å². The molecule has 1 aromatic heterocycles. The lowest BCUT2D eigenvalue weighted by Crippen LogP contribution is -2.42. The molecule has 4 heterocycles. The minimum Gasteiger partial charge on any atom is -0.494 e. The van der Waals surface area contributed by atoms with E-state index in [-0.39, 0.29) is 17.1 Å². The number of rotatable bonds is 3. The average Bonchev–Trinajstić information content (AvgIpc) is 2.79. The maximum atomic E-state index is 12.3. The van der Waals surface area contributed by atoms with Crippen molar-refractivity contribution in [3.8, 4) is 5.75 Å². The van der Waals surface area contributed by atoms with Crippen molar-refractivity contribution >= 4 is 17.5 Å². The quantitative estimate of drug-likeness (QED) is 0.867. The fraction of sp³-hybridized carbons (Fsp3) is 0.600. The zero-order valence-electron chi connectivity index (χ0n) is 12.1. The first-order chi connectivity index (χ1) is 10.2. The highest BCUT2D eigenvalue weighted by Crippen LogP contribution is 2.27. The number of amides is 1. The number of carbonyl (C=O) groups is 1. The number of hydrogen-bond donors (Lipinski definition) is 1. The van der Waals surface area contributed by atoms with E-state index in [4.69, 9.17) is 16.3 Å². The monoisotopic (exact) mass is 309 g/mol. The van der Waals surface area contributed by atoms with Crippen molar-refractivity contribution < 1.29 is 9.53 Å². The molecule has 0 aliphatic carbocycles. The highest BCUT2D eigenvalue weighted by Gasteiger charge is 2.30. The Balaban J connectivity index is 1.67. The van der Waals surface area contributed by atoms with Crippen LogP contribution >= 0.6 is 11.6 Å². The highest BCUT2D eigenvalue weighted by atomic mass is 35.5.